The highest BCUT2D eigenvalue weighted by molar-refractivity contribution is 5.69. The van der Waals surface area contributed by atoms with Crippen LogP contribution >= 0.6 is 0 Å². The standard InChI is InChI=1S/C30H48O7/c1-7-35-27(34)11-8-17(2)22-9-10-23-28-24(16-26(33)30(22,23)6)29(5)13-12-21(36-18(3)31)14-20(29)15-25(28)37-19(4)32/h17,20-26,28,33H,7-16H2,1-6H3/t17-,20+,21-,22-,23+,24+,25+,26+,28+,29-,30+/m0/s1. The lowest BCUT2D eigenvalue weighted by atomic mass is 9.43. The Bertz CT molecular complexity index is 872. The fourth-order valence-electron chi connectivity index (χ4n) is 9.55. The normalized spacial score (nSPS) is 43.5. The third-order valence-corrected chi connectivity index (χ3v) is 11.2. The molecule has 0 heterocycles. The molecule has 0 spiro atoms. The quantitative estimate of drug-likeness (QED) is 0.370. The van der Waals surface area contributed by atoms with Crippen molar-refractivity contribution < 1.29 is 33.7 Å². The molecule has 210 valence electrons. The molecule has 0 saturated heterocycles. The van der Waals surface area contributed by atoms with Crippen molar-refractivity contribution in [3.05, 3.63) is 0 Å². The largest absolute Gasteiger partial charge is 0.466 e. The highest BCUT2D eigenvalue weighted by atomic mass is 16.5. The van der Waals surface area contributed by atoms with Crippen molar-refractivity contribution in [2.75, 3.05) is 6.61 Å². The average Bonchev–Trinajstić information content (AvgIpc) is 3.17. The number of aliphatic hydroxyl groups excluding tert-OH is 1. The third-order valence-electron chi connectivity index (χ3n) is 11.2. The lowest BCUT2D eigenvalue weighted by Gasteiger charge is -2.64. The first kappa shape index (κ1) is 28.4. The first-order valence-corrected chi connectivity index (χ1v) is 14.6. The van der Waals surface area contributed by atoms with Crippen molar-refractivity contribution in [2.45, 2.75) is 118 Å². The van der Waals surface area contributed by atoms with E-state index in [4.69, 9.17) is 14.2 Å². The summed E-state index contributed by atoms with van der Waals surface area (Å²) in [6.07, 6.45) is 6.61. The fourth-order valence-corrected chi connectivity index (χ4v) is 9.55. The monoisotopic (exact) mass is 520 g/mol. The smallest absolute Gasteiger partial charge is 0.305 e. The van der Waals surface area contributed by atoms with Gasteiger partial charge in [-0.15, -0.1) is 0 Å². The Morgan fingerprint density at radius 3 is 2.32 bits per heavy atom. The Kier molecular flexibility index (Phi) is 8.33. The molecule has 7 heteroatoms. The van der Waals surface area contributed by atoms with Gasteiger partial charge in [0.2, 0.25) is 0 Å². The molecule has 37 heavy (non-hydrogen) atoms. The van der Waals surface area contributed by atoms with Crippen LogP contribution < -0.4 is 0 Å². The summed E-state index contributed by atoms with van der Waals surface area (Å²) in [5.41, 5.74) is -0.250. The highest BCUT2D eigenvalue weighted by Gasteiger charge is 2.66. The van der Waals surface area contributed by atoms with Gasteiger partial charge in [-0.2, -0.15) is 0 Å². The van der Waals surface area contributed by atoms with Gasteiger partial charge in [0.25, 0.3) is 0 Å². The van der Waals surface area contributed by atoms with Crippen LogP contribution in [-0.4, -0.2) is 47.9 Å². The maximum Gasteiger partial charge on any atom is 0.305 e. The van der Waals surface area contributed by atoms with E-state index in [1.54, 1.807) is 0 Å². The molecule has 4 fully saturated rings. The van der Waals surface area contributed by atoms with E-state index in [0.29, 0.717) is 31.3 Å². The molecule has 11 atom stereocenters. The maximum atomic E-state index is 12.3. The third kappa shape index (κ3) is 5.18. The zero-order valence-electron chi connectivity index (χ0n) is 23.7. The van der Waals surface area contributed by atoms with Crippen molar-refractivity contribution in [3.8, 4) is 0 Å². The molecule has 0 unspecified atom stereocenters. The lowest BCUT2D eigenvalue weighted by Crippen LogP contribution is -2.63. The Morgan fingerprint density at radius 1 is 0.973 bits per heavy atom. The summed E-state index contributed by atoms with van der Waals surface area (Å²) in [7, 11) is 0. The molecule has 1 N–H and O–H groups in total. The minimum atomic E-state index is -0.434. The molecule has 0 aliphatic heterocycles. The molecule has 4 aliphatic carbocycles. The second-order valence-corrected chi connectivity index (χ2v) is 13.0. The van der Waals surface area contributed by atoms with Crippen LogP contribution in [0.5, 0.6) is 0 Å². The second-order valence-electron chi connectivity index (χ2n) is 13.0. The first-order valence-electron chi connectivity index (χ1n) is 14.6. The summed E-state index contributed by atoms with van der Waals surface area (Å²) in [4.78, 5) is 35.9. The van der Waals surface area contributed by atoms with Crippen molar-refractivity contribution in [1.82, 2.24) is 0 Å². The minimum Gasteiger partial charge on any atom is -0.466 e. The van der Waals surface area contributed by atoms with Crippen molar-refractivity contribution in [2.24, 2.45) is 46.3 Å². The molecule has 7 nitrogen and oxygen atoms in total. The van der Waals surface area contributed by atoms with Crippen LogP contribution in [0.4, 0.5) is 0 Å². The van der Waals surface area contributed by atoms with Crippen LogP contribution in [0.2, 0.25) is 0 Å². The van der Waals surface area contributed by atoms with Crippen LogP contribution in [0.15, 0.2) is 0 Å². The number of aliphatic hydroxyl groups is 1. The summed E-state index contributed by atoms with van der Waals surface area (Å²) >= 11 is 0. The first-order chi connectivity index (χ1) is 17.4. The number of hydrogen-bond acceptors (Lipinski definition) is 7. The van der Waals surface area contributed by atoms with Gasteiger partial charge < -0.3 is 19.3 Å². The molecule has 4 rings (SSSR count). The van der Waals surface area contributed by atoms with E-state index in [2.05, 4.69) is 20.8 Å². The fraction of sp³-hybridized carbons (Fsp3) is 0.900. The van der Waals surface area contributed by atoms with Gasteiger partial charge in [0.15, 0.2) is 0 Å². The van der Waals surface area contributed by atoms with Gasteiger partial charge in [0.05, 0.1) is 12.7 Å². The van der Waals surface area contributed by atoms with E-state index in [-0.39, 0.29) is 64.6 Å². The predicted molar refractivity (Wildman–Crippen MR) is 138 cm³/mol. The molecular weight excluding hydrogens is 472 g/mol. The van der Waals surface area contributed by atoms with Gasteiger partial charge in [-0.1, -0.05) is 20.8 Å². The molecule has 0 bridgehead atoms. The van der Waals surface area contributed by atoms with Crippen LogP contribution in [0.1, 0.15) is 99.3 Å². The number of esters is 3. The Labute approximate surface area is 222 Å². The summed E-state index contributed by atoms with van der Waals surface area (Å²) in [5.74, 6) is 1.00. The Morgan fingerprint density at radius 2 is 1.68 bits per heavy atom. The van der Waals surface area contributed by atoms with Gasteiger partial charge in [0.1, 0.15) is 12.2 Å². The zero-order valence-corrected chi connectivity index (χ0v) is 23.7. The zero-order chi connectivity index (χ0) is 27.1. The van der Waals surface area contributed by atoms with Crippen LogP contribution in [-0.2, 0) is 28.6 Å². The van der Waals surface area contributed by atoms with E-state index in [1.807, 2.05) is 6.92 Å². The van der Waals surface area contributed by atoms with Crippen LogP contribution in [0.3, 0.4) is 0 Å². The maximum absolute atomic E-state index is 12.3. The molecule has 0 radical (unpaired) electrons. The van der Waals surface area contributed by atoms with Gasteiger partial charge in [-0.25, -0.2) is 0 Å². The van der Waals surface area contributed by atoms with Crippen molar-refractivity contribution in [3.63, 3.8) is 0 Å². The summed E-state index contributed by atoms with van der Waals surface area (Å²) in [6.45, 7) is 12.0. The molecule has 0 amide bonds. The second kappa shape index (κ2) is 10.9. The Hall–Kier alpha value is -1.63. The van der Waals surface area contributed by atoms with E-state index in [9.17, 15) is 19.5 Å². The molecular formula is C30H48O7. The van der Waals surface area contributed by atoms with Gasteiger partial charge in [-0.3, -0.25) is 14.4 Å². The SMILES string of the molecule is CCOC(=O)CC[C@H](C)[C@@H]1CC[C@@H]2[C@@H]3[C@@H](C[C@@H](O)[C@@]21C)[C@@]1(C)CC[C@H](OC(C)=O)C[C@@H]1C[C@H]3OC(C)=O. The number of carbonyl (C=O) groups is 3. The van der Waals surface area contributed by atoms with Gasteiger partial charge >= 0.3 is 17.9 Å². The molecule has 0 aromatic rings. The van der Waals surface area contributed by atoms with Crippen LogP contribution in [0.25, 0.3) is 0 Å². The number of rotatable bonds is 7. The summed E-state index contributed by atoms with van der Waals surface area (Å²) < 4.78 is 16.8. The molecule has 4 aliphatic rings. The molecule has 0 aromatic carbocycles. The van der Waals surface area contributed by atoms with Gasteiger partial charge in [-0.05, 0) is 98.7 Å². The van der Waals surface area contributed by atoms with Crippen LogP contribution in [0, 0.1) is 46.3 Å². The predicted octanol–water partition coefficient (Wildman–Crippen LogP) is 5.07. The van der Waals surface area contributed by atoms with E-state index >= 15 is 0 Å². The van der Waals surface area contributed by atoms with E-state index in [0.717, 1.165) is 44.9 Å². The summed E-state index contributed by atoms with van der Waals surface area (Å²) in [5, 5.41) is 11.8. The number of carbonyl (C=O) groups excluding carboxylic acids is 3. The molecule has 4 saturated carbocycles. The Balaban J connectivity index is 1.59. The number of hydrogen-bond donors (Lipinski definition) is 1. The average molecular weight is 521 g/mol. The summed E-state index contributed by atoms with van der Waals surface area (Å²) in [6, 6.07) is 0. The van der Waals surface area contributed by atoms with E-state index in [1.165, 1.54) is 13.8 Å². The number of ether oxygens (including phenoxy) is 3. The lowest BCUT2D eigenvalue weighted by molar-refractivity contribution is -0.218. The topological polar surface area (TPSA) is 99.1 Å². The van der Waals surface area contributed by atoms with Crippen molar-refractivity contribution >= 4 is 17.9 Å². The highest BCUT2D eigenvalue weighted by Crippen LogP contribution is 2.68. The minimum absolute atomic E-state index is 0.0217. The number of fused-ring (bicyclic) bond motifs is 5. The molecule has 0 aromatic heterocycles. The van der Waals surface area contributed by atoms with Gasteiger partial charge in [0, 0.05) is 26.2 Å². The van der Waals surface area contributed by atoms with Crippen molar-refractivity contribution in [1.29, 1.82) is 0 Å². The van der Waals surface area contributed by atoms with E-state index < -0.39 is 6.10 Å².